The van der Waals surface area contributed by atoms with Crippen LogP contribution in [0.15, 0.2) is 78.9 Å². The van der Waals surface area contributed by atoms with Gasteiger partial charge in [0.15, 0.2) is 0 Å². The van der Waals surface area contributed by atoms with Crippen molar-refractivity contribution in [3.05, 3.63) is 101 Å². The summed E-state index contributed by atoms with van der Waals surface area (Å²) in [6, 6.07) is 28.0. The Balaban J connectivity index is 2.16. The molecule has 1 unspecified atom stereocenters. The molecule has 3 aromatic carbocycles. The number of hydrogen-bond acceptors (Lipinski definition) is 1. The molecule has 0 aliphatic rings. The molecule has 3 rings (SSSR count). The zero-order valence-electron chi connectivity index (χ0n) is 22.2. The molecule has 0 radical (unpaired) electrons. The summed E-state index contributed by atoms with van der Waals surface area (Å²) in [6.45, 7) is 7.05. The van der Waals surface area contributed by atoms with Crippen molar-refractivity contribution in [1.29, 1.82) is 0 Å². The Morgan fingerprint density at radius 2 is 1.28 bits per heavy atom. The molecule has 0 aliphatic heterocycles. The number of hydrogen-bond donors (Lipinski definition) is 1. The molecular weight excluding hydrogens is 585 g/mol. The minimum atomic E-state index is -2.78. The number of thiocarbonyl (C=S) groups is 1. The van der Waals surface area contributed by atoms with Crippen molar-refractivity contribution in [2.45, 2.75) is 76.5 Å². The van der Waals surface area contributed by atoms with Crippen LogP contribution in [0.2, 0.25) is 18.3 Å². The SMILES string of the molecule is CCC[CH2][Sn]([CH2]CCC)([CH2]CCC)[CH](c1ccc(Cl)cc1)c1ccccc1NC(=S)c1ccccc1. The van der Waals surface area contributed by atoms with Crippen LogP contribution in [0.25, 0.3) is 0 Å². The zero-order valence-corrected chi connectivity index (χ0v) is 26.7. The van der Waals surface area contributed by atoms with Crippen LogP contribution >= 0.6 is 23.8 Å². The van der Waals surface area contributed by atoms with Crippen molar-refractivity contribution >= 4 is 52.9 Å². The molecule has 0 amide bonds. The first-order valence-corrected chi connectivity index (χ1v) is 22.2. The molecule has 36 heavy (non-hydrogen) atoms. The number of nitrogens with one attached hydrogen (secondary N) is 1. The molecule has 192 valence electrons. The van der Waals surface area contributed by atoms with Crippen molar-refractivity contribution in [3.8, 4) is 0 Å². The summed E-state index contributed by atoms with van der Waals surface area (Å²) in [4.78, 5) is 0.786. The van der Waals surface area contributed by atoms with Gasteiger partial charge in [0.2, 0.25) is 0 Å². The second-order valence-electron chi connectivity index (χ2n) is 10.1. The van der Waals surface area contributed by atoms with Crippen LogP contribution in [0.4, 0.5) is 5.69 Å². The third-order valence-electron chi connectivity index (χ3n) is 7.46. The van der Waals surface area contributed by atoms with E-state index in [0.29, 0.717) is 3.93 Å². The van der Waals surface area contributed by atoms with E-state index in [-0.39, 0.29) is 0 Å². The standard InChI is InChI=1S/C20H15ClNS.3C4H9.Sn/c21-18-12-10-15(11-13-18)14-17-8-4-5-9-19(17)22-20(23)16-6-2-1-3-7-16;3*1-3-4-2;/h1-14H,(H,22,23);3*1,3-4H2,2H3;. The molecule has 1 nitrogen and oxygen atoms in total. The quantitative estimate of drug-likeness (QED) is 0.141. The third kappa shape index (κ3) is 7.82. The Bertz CT molecular complexity index is 1050. The van der Waals surface area contributed by atoms with E-state index in [9.17, 15) is 0 Å². The predicted molar refractivity (Wildman–Crippen MR) is 166 cm³/mol. The molecular formula is C32H42ClNSSn. The van der Waals surface area contributed by atoms with Crippen molar-refractivity contribution in [1.82, 2.24) is 0 Å². The summed E-state index contributed by atoms with van der Waals surface area (Å²) in [5.74, 6) is 0. The van der Waals surface area contributed by atoms with E-state index >= 15 is 0 Å². The maximum atomic E-state index is 6.38. The summed E-state index contributed by atoms with van der Waals surface area (Å²) in [6.07, 6.45) is 7.82. The fourth-order valence-corrected chi connectivity index (χ4v) is 24.8. The van der Waals surface area contributed by atoms with Gasteiger partial charge in [-0.05, 0) is 0 Å². The predicted octanol–water partition coefficient (Wildman–Crippen LogP) is 10.6. The monoisotopic (exact) mass is 627 g/mol. The summed E-state index contributed by atoms with van der Waals surface area (Å²) < 4.78 is 4.80. The molecule has 0 bridgehead atoms. The number of rotatable bonds is 14. The first-order chi connectivity index (χ1) is 17.5. The number of anilines is 1. The number of benzene rings is 3. The average Bonchev–Trinajstić information content (AvgIpc) is 2.91. The fourth-order valence-electron chi connectivity index (χ4n) is 5.56. The van der Waals surface area contributed by atoms with Crippen molar-refractivity contribution in [3.63, 3.8) is 0 Å². The maximum absolute atomic E-state index is 6.38. The Labute approximate surface area is 233 Å². The van der Waals surface area contributed by atoms with Crippen LogP contribution < -0.4 is 5.32 Å². The molecule has 0 fully saturated rings. The molecule has 0 saturated heterocycles. The molecule has 0 aromatic heterocycles. The topological polar surface area (TPSA) is 12.0 Å². The normalized spacial score (nSPS) is 12.3. The average molecular weight is 627 g/mol. The first kappa shape index (κ1) is 29.2. The van der Waals surface area contributed by atoms with Crippen LogP contribution in [0.3, 0.4) is 0 Å². The summed E-state index contributed by atoms with van der Waals surface area (Å²) in [5, 5.41) is 4.48. The molecule has 0 heterocycles. The van der Waals surface area contributed by atoms with Crippen molar-refractivity contribution in [2.24, 2.45) is 0 Å². The van der Waals surface area contributed by atoms with Gasteiger partial charge in [-0.1, -0.05) is 0 Å². The second kappa shape index (κ2) is 15.1. The van der Waals surface area contributed by atoms with Gasteiger partial charge in [0, 0.05) is 0 Å². The van der Waals surface area contributed by atoms with Gasteiger partial charge in [0.25, 0.3) is 0 Å². The van der Waals surface area contributed by atoms with Gasteiger partial charge < -0.3 is 0 Å². The third-order valence-corrected chi connectivity index (χ3v) is 24.9. The fraction of sp³-hybridized carbons (Fsp3) is 0.406. The van der Waals surface area contributed by atoms with Crippen molar-refractivity contribution < 1.29 is 0 Å². The molecule has 1 atom stereocenters. The molecule has 1 N–H and O–H groups in total. The van der Waals surface area contributed by atoms with E-state index in [4.69, 9.17) is 23.8 Å². The van der Waals surface area contributed by atoms with Gasteiger partial charge >= 0.3 is 235 Å². The molecule has 0 aliphatic carbocycles. The Hall–Kier alpha value is -1.36. The van der Waals surface area contributed by atoms with E-state index in [0.717, 1.165) is 21.3 Å². The number of halogens is 1. The first-order valence-electron chi connectivity index (χ1n) is 13.8. The molecule has 0 saturated carbocycles. The van der Waals surface area contributed by atoms with E-state index in [1.54, 1.807) is 0 Å². The Morgan fingerprint density at radius 1 is 0.750 bits per heavy atom. The van der Waals surface area contributed by atoms with Gasteiger partial charge in [-0.2, -0.15) is 0 Å². The van der Waals surface area contributed by atoms with Crippen LogP contribution in [0, 0.1) is 0 Å². The summed E-state index contributed by atoms with van der Waals surface area (Å²) in [7, 11) is 0. The van der Waals surface area contributed by atoms with Gasteiger partial charge in [-0.15, -0.1) is 0 Å². The van der Waals surface area contributed by atoms with Crippen LogP contribution in [0.1, 0.15) is 79.9 Å². The van der Waals surface area contributed by atoms with E-state index in [1.807, 2.05) is 18.2 Å². The number of unbranched alkanes of at least 4 members (excludes halogenated alkanes) is 3. The van der Waals surface area contributed by atoms with E-state index < -0.39 is 18.4 Å². The van der Waals surface area contributed by atoms with Crippen molar-refractivity contribution in [2.75, 3.05) is 5.32 Å². The number of para-hydroxylation sites is 1. The molecule has 4 heteroatoms. The van der Waals surface area contributed by atoms with Crippen LogP contribution in [0.5, 0.6) is 0 Å². The summed E-state index contributed by atoms with van der Waals surface area (Å²) in [5.41, 5.74) is 5.09. The zero-order chi connectivity index (χ0) is 25.8. The van der Waals surface area contributed by atoms with Gasteiger partial charge in [0.05, 0.1) is 0 Å². The van der Waals surface area contributed by atoms with Gasteiger partial charge in [-0.3, -0.25) is 0 Å². The van der Waals surface area contributed by atoms with Crippen LogP contribution in [-0.2, 0) is 0 Å². The second-order valence-corrected chi connectivity index (χ2v) is 24.6. The van der Waals surface area contributed by atoms with E-state index in [2.05, 4.69) is 86.8 Å². The summed E-state index contributed by atoms with van der Waals surface area (Å²) >= 11 is 9.48. The van der Waals surface area contributed by atoms with E-state index in [1.165, 1.54) is 63.0 Å². The molecule has 0 spiro atoms. The Kier molecular flexibility index (Phi) is 12.3. The minimum absolute atomic E-state index is 0.475. The molecule has 3 aromatic rings. The van der Waals surface area contributed by atoms with Crippen LogP contribution in [-0.4, -0.2) is 23.4 Å². The van der Waals surface area contributed by atoms with Gasteiger partial charge in [-0.25, -0.2) is 0 Å². The van der Waals surface area contributed by atoms with Gasteiger partial charge in [0.1, 0.15) is 0 Å². The Morgan fingerprint density at radius 3 is 1.83 bits per heavy atom.